The molecule has 1 heterocycles. The van der Waals surface area contributed by atoms with Crippen LogP contribution in [0.5, 0.6) is 0 Å². The lowest BCUT2D eigenvalue weighted by atomic mass is 10.0. The number of hydrogen-bond donors (Lipinski definition) is 0. The molecule has 3 heteroatoms. The number of hydrogen-bond acceptors (Lipinski definition) is 2. The van der Waals surface area contributed by atoms with Gasteiger partial charge in [0.1, 0.15) is 6.61 Å². The molecule has 0 aromatic heterocycles. The number of rotatable bonds is 7. The second-order valence-corrected chi connectivity index (χ2v) is 9.97. The van der Waals surface area contributed by atoms with Crippen LogP contribution >= 0.6 is 7.92 Å². The Balaban J connectivity index is 1.94. The highest BCUT2D eigenvalue weighted by atomic mass is 31.1. The number of nitrogens with zero attached hydrogens (tertiary/aromatic N) is 1. The molecule has 138 valence electrons. The normalized spacial score (nSPS) is 19.3. The summed E-state index contributed by atoms with van der Waals surface area (Å²) in [5, 5.41) is 2.86. The Morgan fingerprint density at radius 1 is 0.962 bits per heavy atom. The Hall–Kier alpha value is -1.66. The third-order valence-electron chi connectivity index (χ3n) is 5.28. The van der Waals surface area contributed by atoms with Gasteiger partial charge in [-0.3, -0.25) is 0 Å². The summed E-state index contributed by atoms with van der Waals surface area (Å²) in [4.78, 5) is 4.95. The maximum atomic E-state index is 6.08. The molecule has 2 aromatic rings. The van der Waals surface area contributed by atoms with Gasteiger partial charge in [0.15, 0.2) is 5.90 Å². The highest BCUT2D eigenvalue weighted by Crippen LogP contribution is 2.44. The van der Waals surface area contributed by atoms with Crippen LogP contribution in [0.2, 0.25) is 0 Å². The summed E-state index contributed by atoms with van der Waals surface area (Å²) in [5.74, 6) is 1.88. The zero-order chi connectivity index (χ0) is 18.5. The van der Waals surface area contributed by atoms with Gasteiger partial charge in [-0.25, -0.2) is 4.99 Å². The molecule has 0 saturated heterocycles. The van der Waals surface area contributed by atoms with Crippen molar-refractivity contribution in [2.75, 3.05) is 6.61 Å². The molecule has 2 aromatic carbocycles. The minimum absolute atomic E-state index is 0.311. The molecule has 0 aliphatic carbocycles. The van der Waals surface area contributed by atoms with Crippen molar-refractivity contribution in [3.63, 3.8) is 0 Å². The summed E-state index contributed by atoms with van der Waals surface area (Å²) in [6.07, 6.45) is 1.06. The van der Waals surface area contributed by atoms with E-state index in [1.165, 1.54) is 10.6 Å². The molecule has 0 N–H and O–H groups in total. The third kappa shape index (κ3) is 4.18. The average Bonchev–Trinajstić information content (AvgIpc) is 3.14. The Labute approximate surface area is 159 Å². The topological polar surface area (TPSA) is 21.6 Å². The maximum Gasteiger partial charge on any atom is 0.187 e. The molecule has 3 atom stereocenters. The van der Waals surface area contributed by atoms with Crippen LogP contribution in [-0.2, 0) is 4.74 Å². The number of benzene rings is 2. The minimum Gasteiger partial charge on any atom is -0.478 e. The zero-order valence-corrected chi connectivity index (χ0v) is 17.2. The van der Waals surface area contributed by atoms with Crippen LogP contribution in [-0.4, -0.2) is 24.2 Å². The predicted octanol–water partition coefficient (Wildman–Crippen LogP) is 4.99. The Morgan fingerprint density at radius 2 is 1.50 bits per heavy atom. The summed E-state index contributed by atoms with van der Waals surface area (Å²) < 4.78 is 6.08. The predicted molar refractivity (Wildman–Crippen MR) is 114 cm³/mol. The van der Waals surface area contributed by atoms with E-state index in [1.54, 1.807) is 0 Å². The van der Waals surface area contributed by atoms with Crippen molar-refractivity contribution in [2.45, 2.75) is 45.8 Å². The molecule has 0 radical (unpaired) electrons. The largest absolute Gasteiger partial charge is 0.478 e. The fraction of sp³-hybridized carbons (Fsp3) is 0.435. The molecule has 3 rings (SSSR count). The van der Waals surface area contributed by atoms with Crippen molar-refractivity contribution in [1.82, 2.24) is 0 Å². The fourth-order valence-electron chi connectivity index (χ4n) is 3.65. The summed E-state index contributed by atoms with van der Waals surface area (Å²) in [6, 6.07) is 22.2. The first-order valence-electron chi connectivity index (χ1n) is 9.71. The Morgan fingerprint density at radius 3 is 1.92 bits per heavy atom. The van der Waals surface area contributed by atoms with Gasteiger partial charge in [0.05, 0.1) is 6.04 Å². The van der Waals surface area contributed by atoms with Gasteiger partial charge in [-0.05, 0) is 36.5 Å². The highest BCUT2D eigenvalue weighted by Gasteiger charge is 2.34. The molecular formula is C23H30NOP. The smallest absolute Gasteiger partial charge is 0.187 e. The van der Waals surface area contributed by atoms with Crippen molar-refractivity contribution in [1.29, 1.82) is 0 Å². The van der Waals surface area contributed by atoms with Crippen LogP contribution in [0.15, 0.2) is 65.7 Å². The zero-order valence-electron chi connectivity index (χ0n) is 16.3. The SMILES string of the molecule is CC[C@H](C1=N[C@H](C(C)C)CO1)C(C)P(c1ccccc1)c1ccccc1. The van der Waals surface area contributed by atoms with Crippen LogP contribution in [0, 0.1) is 11.8 Å². The summed E-state index contributed by atoms with van der Waals surface area (Å²) in [7, 11) is -0.464. The first kappa shape index (κ1) is 19.1. The van der Waals surface area contributed by atoms with E-state index < -0.39 is 7.92 Å². The number of aliphatic imine (C=N–C) groups is 1. The second kappa shape index (κ2) is 8.82. The summed E-state index contributed by atoms with van der Waals surface area (Å²) >= 11 is 0. The molecule has 0 fully saturated rings. The molecule has 26 heavy (non-hydrogen) atoms. The van der Waals surface area contributed by atoms with E-state index in [4.69, 9.17) is 9.73 Å². The quantitative estimate of drug-likeness (QED) is 0.632. The van der Waals surface area contributed by atoms with Crippen LogP contribution in [0.4, 0.5) is 0 Å². The lowest BCUT2D eigenvalue weighted by Gasteiger charge is -2.31. The fourth-order valence-corrected chi connectivity index (χ4v) is 6.58. The average molecular weight is 367 g/mol. The van der Waals surface area contributed by atoms with Gasteiger partial charge in [-0.15, -0.1) is 0 Å². The van der Waals surface area contributed by atoms with Gasteiger partial charge < -0.3 is 4.74 Å². The molecule has 1 aliphatic rings. The molecule has 0 saturated carbocycles. The van der Waals surface area contributed by atoms with Crippen LogP contribution in [0.1, 0.15) is 34.1 Å². The van der Waals surface area contributed by atoms with Gasteiger partial charge in [0.2, 0.25) is 0 Å². The van der Waals surface area contributed by atoms with E-state index in [-0.39, 0.29) is 0 Å². The van der Waals surface area contributed by atoms with Crippen molar-refractivity contribution < 1.29 is 4.74 Å². The van der Waals surface area contributed by atoms with Crippen molar-refractivity contribution >= 4 is 24.4 Å². The molecule has 0 spiro atoms. The van der Waals surface area contributed by atoms with Gasteiger partial charge in [0, 0.05) is 5.92 Å². The first-order valence-corrected chi connectivity index (χ1v) is 11.1. The first-order chi connectivity index (χ1) is 12.6. The van der Waals surface area contributed by atoms with Crippen molar-refractivity contribution in [2.24, 2.45) is 16.8 Å². The molecule has 1 unspecified atom stereocenters. The molecular weight excluding hydrogens is 337 g/mol. The van der Waals surface area contributed by atoms with Gasteiger partial charge in [-0.2, -0.15) is 0 Å². The van der Waals surface area contributed by atoms with E-state index in [0.29, 0.717) is 23.5 Å². The highest BCUT2D eigenvalue weighted by molar-refractivity contribution is 7.73. The third-order valence-corrected chi connectivity index (χ3v) is 8.16. The lowest BCUT2D eigenvalue weighted by molar-refractivity contribution is 0.275. The monoisotopic (exact) mass is 367 g/mol. The van der Waals surface area contributed by atoms with Gasteiger partial charge in [0.25, 0.3) is 0 Å². The second-order valence-electron chi connectivity index (χ2n) is 7.39. The molecule has 2 nitrogen and oxygen atoms in total. The van der Waals surface area contributed by atoms with Gasteiger partial charge >= 0.3 is 0 Å². The van der Waals surface area contributed by atoms with Gasteiger partial charge in [-0.1, -0.05) is 88.4 Å². The van der Waals surface area contributed by atoms with Crippen molar-refractivity contribution in [3.05, 3.63) is 60.7 Å². The van der Waals surface area contributed by atoms with E-state index >= 15 is 0 Å². The van der Waals surface area contributed by atoms with E-state index in [1.807, 2.05) is 0 Å². The summed E-state index contributed by atoms with van der Waals surface area (Å²) in [5.41, 5.74) is 0.476. The Bertz CT molecular complexity index is 674. The number of ether oxygens (including phenoxy) is 1. The molecule has 0 bridgehead atoms. The van der Waals surface area contributed by atoms with Crippen LogP contribution < -0.4 is 10.6 Å². The minimum atomic E-state index is -0.464. The van der Waals surface area contributed by atoms with E-state index in [2.05, 4.69) is 88.4 Å². The van der Waals surface area contributed by atoms with Crippen molar-refractivity contribution in [3.8, 4) is 0 Å². The standard InChI is InChI=1S/C23H30NOP/c1-5-21(23-24-22(16-25-23)17(2)3)18(4)26(19-12-8-6-9-13-19)20-14-10-7-11-15-20/h6-15,17-18,21-22H,5,16H2,1-4H3/t18?,21-,22-/m0/s1. The maximum absolute atomic E-state index is 6.08. The summed E-state index contributed by atoms with van der Waals surface area (Å²) in [6.45, 7) is 9.84. The van der Waals surface area contributed by atoms with E-state index in [0.717, 1.165) is 18.9 Å². The molecule has 1 aliphatic heterocycles. The Kier molecular flexibility index (Phi) is 6.48. The van der Waals surface area contributed by atoms with E-state index in [9.17, 15) is 0 Å². The van der Waals surface area contributed by atoms with Crippen LogP contribution in [0.25, 0.3) is 0 Å². The molecule has 0 amide bonds. The lowest BCUT2D eigenvalue weighted by Crippen LogP contribution is -2.30. The van der Waals surface area contributed by atoms with Crippen LogP contribution in [0.3, 0.4) is 0 Å².